The quantitative estimate of drug-likeness (QED) is 0.246. The maximum atomic E-state index is 6.65. The number of ether oxygens (including phenoxy) is 2. The lowest BCUT2D eigenvalue weighted by Gasteiger charge is -2.17. The average Bonchev–Trinajstić information content (AvgIpc) is 2.91. The van der Waals surface area contributed by atoms with Crippen molar-refractivity contribution in [3.8, 4) is 22.6 Å². The Morgan fingerprint density at radius 1 is 0.750 bits per heavy atom. The lowest BCUT2D eigenvalue weighted by Crippen LogP contribution is -2.03. The molecule has 0 fully saturated rings. The summed E-state index contributed by atoms with van der Waals surface area (Å²) in [7, 11) is 3.36. The molecule has 0 bridgehead atoms. The number of rotatable bonds is 10. The molecule has 0 atom stereocenters. The Morgan fingerprint density at radius 3 is 2.00 bits per heavy atom. The number of hydrogen-bond acceptors (Lipinski definition) is 3. The van der Waals surface area contributed by atoms with Crippen LogP contribution in [0.5, 0.6) is 11.5 Å². The number of halogens is 1. The molecule has 0 spiro atoms. The van der Waals surface area contributed by atoms with Crippen LogP contribution >= 0.6 is 11.6 Å². The van der Waals surface area contributed by atoms with Crippen LogP contribution in [0.1, 0.15) is 27.8 Å². The minimum absolute atomic E-state index is 0.584. The summed E-state index contributed by atoms with van der Waals surface area (Å²) >= 11 is 6.65. The van der Waals surface area contributed by atoms with E-state index < -0.39 is 0 Å². The third-order valence-electron chi connectivity index (χ3n) is 6.47. The molecule has 0 aliphatic rings. The van der Waals surface area contributed by atoms with Crippen LogP contribution in [0, 0.1) is 0 Å². The van der Waals surface area contributed by atoms with E-state index >= 15 is 0 Å². The molecule has 0 aliphatic carbocycles. The van der Waals surface area contributed by atoms with Crippen molar-refractivity contribution in [2.75, 3.05) is 14.2 Å². The van der Waals surface area contributed by atoms with Gasteiger partial charge in [0.25, 0.3) is 0 Å². The van der Waals surface area contributed by atoms with Crippen LogP contribution in [0.2, 0.25) is 5.02 Å². The second-order valence-electron chi connectivity index (χ2n) is 8.90. The molecule has 4 heteroatoms. The highest BCUT2D eigenvalue weighted by Crippen LogP contribution is 2.33. The molecule has 0 aliphatic heterocycles. The second-order valence-corrected chi connectivity index (χ2v) is 9.34. The first kappa shape index (κ1) is 25.4. The Labute approximate surface area is 219 Å². The molecule has 4 aromatic carbocycles. The van der Waals surface area contributed by atoms with Gasteiger partial charge in [-0.05, 0) is 88.9 Å². The van der Waals surface area contributed by atoms with E-state index in [0.717, 1.165) is 47.8 Å². The van der Waals surface area contributed by atoms with Gasteiger partial charge in [0.05, 0.1) is 14.2 Å². The van der Waals surface area contributed by atoms with Gasteiger partial charge in [0.15, 0.2) is 0 Å². The molecule has 36 heavy (non-hydrogen) atoms. The smallest absolute Gasteiger partial charge is 0.122 e. The summed E-state index contributed by atoms with van der Waals surface area (Å²) in [6.45, 7) is 3.82. The van der Waals surface area contributed by atoms with E-state index in [2.05, 4.69) is 67.2 Å². The highest BCUT2D eigenvalue weighted by atomic mass is 35.5. The van der Waals surface area contributed by atoms with Crippen molar-refractivity contribution in [2.24, 2.45) is 5.73 Å². The molecular formula is C32H32ClNO2. The van der Waals surface area contributed by atoms with Crippen molar-refractivity contribution in [2.45, 2.75) is 25.7 Å². The summed E-state index contributed by atoms with van der Waals surface area (Å²) in [4.78, 5) is 0. The summed E-state index contributed by atoms with van der Waals surface area (Å²) < 4.78 is 11.0. The predicted molar refractivity (Wildman–Crippen MR) is 151 cm³/mol. The minimum Gasteiger partial charge on any atom is -0.497 e. The highest BCUT2D eigenvalue weighted by Gasteiger charge is 2.14. The standard InChI is InChI=1S/C32H32ClNO2/c1-22(34)25-13-9-23(10-14-25)11-15-27-19-28(33)20-32(26-7-5-4-6-8-26)31(27)16-12-24-17-29(35-2)21-30(18-24)36-3/h4-10,13-14,17-21H,1,11-12,15-16,34H2,2-3H3. The summed E-state index contributed by atoms with van der Waals surface area (Å²) in [5, 5.41) is 0.755. The zero-order valence-corrected chi connectivity index (χ0v) is 21.6. The molecule has 184 valence electrons. The minimum atomic E-state index is 0.584. The van der Waals surface area contributed by atoms with Crippen LogP contribution in [0.4, 0.5) is 0 Å². The van der Waals surface area contributed by atoms with Gasteiger partial charge in [-0.15, -0.1) is 0 Å². The largest absolute Gasteiger partial charge is 0.497 e. The van der Waals surface area contributed by atoms with Crippen molar-refractivity contribution in [3.05, 3.63) is 124 Å². The van der Waals surface area contributed by atoms with E-state index in [0.29, 0.717) is 5.70 Å². The number of hydrogen-bond donors (Lipinski definition) is 1. The van der Waals surface area contributed by atoms with Crippen molar-refractivity contribution >= 4 is 17.3 Å². The van der Waals surface area contributed by atoms with Crippen molar-refractivity contribution in [1.82, 2.24) is 0 Å². The van der Waals surface area contributed by atoms with Gasteiger partial charge >= 0.3 is 0 Å². The fourth-order valence-corrected chi connectivity index (χ4v) is 4.77. The van der Waals surface area contributed by atoms with Gasteiger partial charge in [-0.3, -0.25) is 0 Å². The van der Waals surface area contributed by atoms with E-state index in [1.165, 1.54) is 33.4 Å². The normalized spacial score (nSPS) is 10.8. The molecule has 0 saturated carbocycles. The SMILES string of the molecule is C=C(N)c1ccc(CCc2cc(Cl)cc(-c3ccccc3)c2CCc2cc(OC)cc(OC)c2)cc1. The molecule has 4 aromatic rings. The second kappa shape index (κ2) is 11.8. The molecule has 0 radical (unpaired) electrons. The lowest BCUT2D eigenvalue weighted by atomic mass is 9.88. The van der Waals surface area contributed by atoms with Crippen molar-refractivity contribution in [3.63, 3.8) is 0 Å². The molecular weight excluding hydrogens is 466 g/mol. The number of benzene rings is 4. The number of aryl methyl sites for hydroxylation is 3. The van der Waals surface area contributed by atoms with Crippen LogP contribution in [-0.4, -0.2) is 14.2 Å². The molecule has 0 heterocycles. The van der Waals surface area contributed by atoms with Crippen LogP contribution < -0.4 is 15.2 Å². The van der Waals surface area contributed by atoms with Gasteiger partial charge in [-0.2, -0.15) is 0 Å². The first-order valence-electron chi connectivity index (χ1n) is 12.1. The number of methoxy groups -OCH3 is 2. The zero-order chi connectivity index (χ0) is 25.5. The third-order valence-corrected chi connectivity index (χ3v) is 6.69. The topological polar surface area (TPSA) is 44.5 Å². The van der Waals surface area contributed by atoms with Crippen LogP contribution in [0.25, 0.3) is 16.8 Å². The molecule has 0 saturated heterocycles. The maximum absolute atomic E-state index is 6.65. The van der Waals surface area contributed by atoms with Crippen molar-refractivity contribution in [1.29, 1.82) is 0 Å². The monoisotopic (exact) mass is 497 g/mol. The van der Waals surface area contributed by atoms with Gasteiger partial charge in [-0.1, -0.05) is 72.8 Å². The molecule has 2 N–H and O–H groups in total. The zero-order valence-electron chi connectivity index (χ0n) is 20.9. The van der Waals surface area contributed by atoms with E-state index in [4.69, 9.17) is 26.8 Å². The first-order chi connectivity index (χ1) is 17.5. The van der Waals surface area contributed by atoms with Crippen LogP contribution in [0.3, 0.4) is 0 Å². The molecule has 0 aromatic heterocycles. The number of nitrogens with two attached hydrogens (primary N) is 1. The molecule has 0 amide bonds. The highest BCUT2D eigenvalue weighted by molar-refractivity contribution is 6.31. The Hall–Kier alpha value is -3.69. The lowest BCUT2D eigenvalue weighted by molar-refractivity contribution is 0.393. The molecule has 3 nitrogen and oxygen atoms in total. The van der Waals surface area contributed by atoms with E-state index in [1.54, 1.807) is 14.2 Å². The summed E-state index contributed by atoms with van der Waals surface area (Å²) in [5.41, 5.74) is 14.7. The predicted octanol–water partition coefficient (Wildman–Crippen LogP) is 7.52. The summed E-state index contributed by atoms with van der Waals surface area (Å²) in [5.74, 6) is 1.60. The van der Waals surface area contributed by atoms with Gasteiger partial charge in [-0.25, -0.2) is 0 Å². The fraction of sp³-hybridized carbons (Fsp3) is 0.188. The average molecular weight is 498 g/mol. The van der Waals surface area contributed by atoms with E-state index in [9.17, 15) is 0 Å². The van der Waals surface area contributed by atoms with Gasteiger partial charge in [0.2, 0.25) is 0 Å². The van der Waals surface area contributed by atoms with E-state index in [1.807, 2.05) is 24.3 Å². The summed E-state index contributed by atoms with van der Waals surface area (Å²) in [6.07, 6.45) is 3.53. The van der Waals surface area contributed by atoms with Crippen LogP contribution in [-0.2, 0) is 25.7 Å². The summed E-state index contributed by atoms with van der Waals surface area (Å²) in [6, 6.07) is 29.0. The van der Waals surface area contributed by atoms with E-state index in [-0.39, 0.29) is 0 Å². The maximum Gasteiger partial charge on any atom is 0.122 e. The van der Waals surface area contributed by atoms with Crippen LogP contribution in [0.15, 0.2) is 91.5 Å². The Bertz CT molecular complexity index is 1310. The fourth-order valence-electron chi connectivity index (χ4n) is 4.53. The first-order valence-corrected chi connectivity index (χ1v) is 12.5. The molecule has 0 unspecified atom stereocenters. The molecule has 4 rings (SSSR count). The third kappa shape index (κ3) is 6.30. The van der Waals surface area contributed by atoms with Gasteiger partial charge in [0, 0.05) is 16.8 Å². The Balaban J connectivity index is 1.66. The Kier molecular flexibility index (Phi) is 8.35. The van der Waals surface area contributed by atoms with Crippen molar-refractivity contribution < 1.29 is 9.47 Å². The Morgan fingerprint density at radius 2 is 1.39 bits per heavy atom. The van der Waals surface area contributed by atoms with Gasteiger partial charge < -0.3 is 15.2 Å². The van der Waals surface area contributed by atoms with Gasteiger partial charge in [0.1, 0.15) is 11.5 Å².